The molecule has 1 amide bonds. The Labute approximate surface area is 95.9 Å². The van der Waals surface area contributed by atoms with Crippen molar-refractivity contribution in [2.75, 3.05) is 0 Å². The summed E-state index contributed by atoms with van der Waals surface area (Å²) in [6.45, 7) is 0. The lowest BCUT2D eigenvalue weighted by Crippen LogP contribution is -2.33. The van der Waals surface area contributed by atoms with E-state index in [2.05, 4.69) is 5.10 Å². The van der Waals surface area contributed by atoms with Crippen LogP contribution in [0.25, 0.3) is 0 Å². The van der Waals surface area contributed by atoms with E-state index in [1.54, 1.807) is 0 Å². The van der Waals surface area contributed by atoms with Crippen molar-refractivity contribution in [3.63, 3.8) is 0 Å². The van der Waals surface area contributed by atoms with Crippen LogP contribution in [0.3, 0.4) is 0 Å². The van der Waals surface area contributed by atoms with Gasteiger partial charge >= 0.3 is 17.1 Å². The van der Waals surface area contributed by atoms with Gasteiger partial charge in [-0.1, -0.05) is 11.3 Å². The average molecular weight is 267 g/mol. The van der Waals surface area contributed by atoms with Crippen molar-refractivity contribution in [2.24, 2.45) is 5.10 Å². The molecule has 1 aromatic heterocycles. The second kappa shape index (κ2) is 4.91. The molecule has 0 atom stereocenters. The topological polar surface area (TPSA) is 84.6 Å². The molecular weight excluding hydrogens is 263 g/mol. The third-order valence-electron chi connectivity index (χ3n) is 1.41. The van der Waals surface area contributed by atoms with Gasteiger partial charge in [-0.25, -0.2) is 5.43 Å². The summed E-state index contributed by atoms with van der Waals surface area (Å²) >= 11 is 0.719. The standard InChI is InChI=1S/C7H4F3N3O3S/c8-7(9,10)6(14)12-11-3-4-1-2-5(17-4)13(15)16/h1-3H,(H,12,14). The van der Waals surface area contributed by atoms with E-state index < -0.39 is 17.0 Å². The lowest BCUT2D eigenvalue weighted by atomic mass is 10.5. The van der Waals surface area contributed by atoms with E-state index >= 15 is 0 Å². The van der Waals surface area contributed by atoms with Crippen LogP contribution < -0.4 is 5.43 Å². The third kappa shape index (κ3) is 3.83. The maximum absolute atomic E-state index is 11.7. The van der Waals surface area contributed by atoms with Gasteiger partial charge in [0.1, 0.15) is 0 Å². The molecule has 1 rings (SSSR count). The number of nitro groups is 1. The zero-order chi connectivity index (χ0) is 13.1. The van der Waals surface area contributed by atoms with Crippen LogP contribution in [-0.2, 0) is 4.79 Å². The SMILES string of the molecule is O=C(NN=Cc1ccc([N+](=O)[O-])s1)C(F)(F)F. The van der Waals surface area contributed by atoms with Gasteiger partial charge in [0.25, 0.3) is 0 Å². The Morgan fingerprint density at radius 2 is 2.18 bits per heavy atom. The number of carbonyl (C=O) groups excluding carboxylic acids is 1. The summed E-state index contributed by atoms with van der Waals surface area (Å²) in [6.07, 6.45) is -4.12. The first-order valence-electron chi connectivity index (χ1n) is 3.95. The highest BCUT2D eigenvalue weighted by atomic mass is 32.1. The van der Waals surface area contributed by atoms with Crippen LogP contribution in [0, 0.1) is 10.1 Å². The van der Waals surface area contributed by atoms with E-state index in [0.29, 0.717) is 0 Å². The number of rotatable bonds is 3. The first kappa shape index (κ1) is 13.1. The summed E-state index contributed by atoms with van der Waals surface area (Å²) in [7, 11) is 0. The van der Waals surface area contributed by atoms with Gasteiger partial charge in [-0.2, -0.15) is 18.3 Å². The Kier molecular flexibility index (Phi) is 3.78. The highest BCUT2D eigenvalue weighted by Gasteiger charge is 2.38. The molecule has 0 bridgehead atoms. The lowest BCUT2D eigenvalue weighted by Gasteiger charge is -2.01. The van der Waals surface area contributed by atoms with E-state index in [1.165, 1.54) is 17.6 Å². The first-order chi connectivity index (χ1) is 7.80. The molecule has 0 radical (unpaired) electrons. The minimum atomic E-state index is -5.02. The third-order valence-corrected chi connectivity index (χ3v) is 2.38. The number of hydrazone groups is 1. The highest BCUT2D eigenvalue weighted by molar-refractivity contribution is 7.16. The molecule has 0 unspecified atom stereocenters. The molecule has 0 saturated heterocycles. The Morgan fingerprint density at radius 3 is 2.65 bits per heavy atom. The minimum Gasteiger partial charge on any atom is -0.263 e. The van der Waals surface area contributed by atoms with Crippen molar-refractivity contribution in [3.8, 4) is 0 Å². The zero-order valence-electron chi connectivity index (χ0n) is 7.89. The summed E-state index contributed by atoms with van der Waals surface area (Å²) in [5.74, 6) is -2.21. The number of nitrogens with zero attached hydrogens (tertiary/aromatic N) is 2. The lowest BCUT2D eigenvalue weighted by molar-refractivity contribution is -0.380. The summed E-state index contributed by atoms with van der Waals surface area (Å²) in [6, 6.07) is 2.48. The molecule has 0 aliphatic carbocycles. The Hall–Kier alpha value is -1.97. The minimum absolute atomic E-state index is 0.173. The molecule has 1 N–H and O–H groups in total. The quantitative estimate of drug-likeness (QED) is 0.513. The molecule has 0 fully saturated rings. The summed E-state index contributed by atoms with van der Waals surface area (Å²) in [5, 5.41) is 13.1. The number of nitrogens with one attached hydrogen (secondary N) is 1. The number of thiophene rings is 1. The van der Waals surface area contributed by atoms with Crippen molar-refractivity contribution in [1.29, 1.82) is 0 Å². The summed E-state index contributed by atoms with van der Waals surface area (Å²) < 4.78 is 35.1. The van der Waals surface area contributed by atoms with Crippen molar-refractivity contribution in [1.82, 2.24) is 5.43 Å². The van der Waals surface area contributed by atoms with Crippen molar-refractivity contribution in [3.05, 3.63) is 27.1 Å². The number of halogens is 3. The van der Waals surface area contributed by atoms with Gasteiger partial charge in [0.05, 0.1) is 16.0 Å². The van der Waals surface area contributed by atoms with Gasteiger partial charge < -0.3 is 0 Å². The molecule has 92 valence electrons. The number of carbonyl (C=O) groups is 1. The highest BCUT2D eigenvalue weighted by Crippen LogP contribution is 2.22. The number of alkyl halides is 3. The van der Waals surface area contributed by atoms with Crippen LogP contribution >= 0.6 is 11.3 Å². The van der Waals surface area contributed by atoms with Crippen LogP contribution in [-0.4, -0.2) is 23.2 Å². The van der Waals surface area contributed by atoms with Crippen molar-refractivity contribution >= 4 is 28.5 Å². The molecule has 0 aliphatic rings. The van der Waals surface area contributed by atoms with Crippen LogP contribution in [0.4, 0.5) is 18.2 Å². The molecule has 0 aliphatic heterocycles. The Morgan fingerprint density at radius 1 is 1.53 bits per heavy atom. The van der Waals surface area contributed by atoms with Crippen LogP contribution in [0.1, 0.15) is 4.88 Å². The molecular formula is C7H4F3N3O3S. The predicted octanol–water partition coefficient (Wildman–Crippen LogP) is 1.67. The normalized spacial score (nSPS) is 11.7. The largest absolute Gasteiger partial charge is 0.473 e. The number of hydrogen-bond donors (Lipinski definition) is 1. The van der Waals surface area contributed by atoms with Gasteiger partial charge in [-0.3, -0.25) is 14.9 Å². The van der Waals surface area contributed by atoms with E-state index in [4.69, 9.17) is 0 Å². The summed E-state index contributed by atoms with van der Waals surface area (Å²) in [4.78, 5) is 20.2. The van der Waals surface area contributed by atoms with E-state index in [0.717, 1.165) is 17.6 Å². The maximum Gasteiger partial charge on any atom is 0.473 e. The number of amides is 1. The zero-order valence-corrected chi connectivity index (χ0v) is 8.71. The Bertz CT molecular complexity index is 468. The smallest absolute Gasteiger partial charge is 0.263 e. The van der Waals surface area contributed by atoms with Gasteiger partial charge in [0.15, 0.2) is 0 Å². The molecule has 6 nitrogen and oxygen atoms in total. The Balaban J connectivity index is 2.60. The maximum atomic E-state index is 11.7. The first-order valence-corrected chi connectivity index (χ1v) is 4.77. The van der Waals surface area contributed by atoms with Crippen LogP contribution in [0.5, 0.6) is 0 Å². The second-order valence-corrected chi connectivity index (χ2v) is 3.72. The monoisotopic (exact) mass is 267 g/mol. The molecule has 17 heavy (non-hydrogen) atoms. The second-order valence-electron chi connectivity index (χ2n) is 2.63. The van der Waals surface area contributed by atoms with E-state index in [9.17, 15) is 28.1 Å². The van der Waals surface area contributed by atoms with Crippen molar-refractivity contribution in [2.45, 2.75) is 6.18 Å². The number of hydrogen-bond acceptors (Lipinski definition) is 5. The molecule has 10 heteroatoms. The molecule has 0 saturated carbocycles. The van der Waals surface area contributed by atoms with Gasteiger partial charge in [0.2, 0.25) is 0 Å². The van der Waals surface area contributed by atoms with Gasteiger partial charge in [-0.15, -0.1) is 0 Å². The fourth-order valence-electron chi connectivity index (χ4n) is 0.728. The molecule has 1 aromatic rings. The summed E-state index contributed by atoms with van der Waals surface area (Å²) in [5.41, 5.74) is 1.25. The van der Waals surface area contributed by atoms with Crippen molar-refractivity contribution < 1.29 is 22.9 Å². The average Bonchev–Trinajstić information content (AvgIpc) is 2.64. The van der Waals surface area contributed by atoms with Crippen LogP contribution in [0.2, 0.25) is 0 Å². The predicted molar refractivity (Wildman–Crippen MR) is 52.8 cm³/mol. The van der Waals surface area contributed by atoms with E-state index in [-0.39, 0.29) is 9.88 Å². The van der Waals surface area contributed by atoms with Crippen LogP contribution in [0.15, 0.2) is 17.2 Å². The fraction of sp³-hybridized carbons (Fsp3) is 0.143. The van der Waals surface area contributed by atoms with Gasteiger partial charge in [0, 0.05) is 6.07 Å². The molecule has 0 aromatic carbocycles. The molecule has 1 heterocycles. The van der Waals surface area contributed by atoms with E-state index in [1.807, 2.05) is 0 Å². The molecule has 0 spiro atoms. The fourth-order valence-corrected chi connectivity index (χ4v) is 1.42. The van der Waals surface area contributed by atoms with Gasteiger partial charge in [-0.05, 0) is 6.07 Å².